The summed E-state index contributed by atoms with van der Waals surface area (Å²) in [5, 5.41) is 0. The Labute approximate surface area is 115 Å². The van der Waals surface area contributed by atoms with Crippen LogP contribution in [0.15, 0.2) is 36.4 Å². The van der Waals surface area contributed by atoms with Crippen molar-refractivity contribution in [3.8, 4) is 0 Å². The van der Waals surface area contributed by atoms with Gasteiger partial charge in [0.05, 0.1) is 0 Å². The van der Waals surface area contributed by atoms with E-state index < -0.39 is 0 Å². The zero-order valence-electron chi connectivity index (χ0n) is 11.9. The van der Waals surface area contributed by atoms with Crippen molar-refractivity contribution < 1.29 is 0 Å². The highest BCUT2D eigenvalue weighted by Crippen LogP contribution is 2.28. The average Bonchev–Trinajstić information content (AvgIpc) is 2.40. The fourth-order valence-corrected chi connectivity index (χ4v) is 2.38. The van der Waals surface area contributed by atoms with Crippen LogP contribution in [-0.4, -0.2) is 11.5 Å². The van der Waals surface area contributed by atoms with Gasteiger partial charge in [-0.15, -0.1) is 0 Å². The van der Waals surface area contributed by atoms with Gasteiger partial charge in [0.25, 0.3) is 0 Å². The minimum absolute atomic E-state index is 0.512. The van der Waals surface area contributed by atoms with Gasteiger partial charge in [-0.2, -0.15) is 0 Å². The summed E-state index contributed by atoms with van der Waals surface area (Å²) in [4.78, 5) is 6.91. The fraction of sp³-hybridized carbons (Fsp3) is 0.312. The second kappa shape index (κ2) is 5.85. The van der Waals surface area contributed by atoms with Gasteiger partial charge in [-0.3, -0.25) is 0 Å². The summed E-state index contributed by atoms with van der Waals surface area (Å²) in [6.45, 7) is 7.63. The van der Waals surface area contributed by atoms with Crippen LogP contribution in [0.5, 0.6) is 0 Å². The second-order valence-electron chi connectivity index (χ2n) is 4.67. The van der Waals surface area contributed by atoms with Gasteiger partial charge >= 0.3 is 0 Å². The number of para-hydroxylation sites is 1. The molecular weight excluding hydrogens is 234 g/mol. The van der Waals surface area contributed by atoms with Crippen LogP contribution in [0.3, 0.4) is 0 Å². The molecule has 0 spiro atoms. The first-order valence-corrected chi connectivity index (χ1v) is 6.67. The van der Waals surface area contributed by atoms with Crippen molar-refractivity contribution in [3.63, 3.8) is 0 Å². The first kappa shape index (κ1) is 13.6. The maximum Gasteiger partial charge on any atom is 0.138 e. The largest absolute Gasteiger partial charge is 0.326 e. The quantitative estimate of drug-likeness (QED) is 0.911. The van der Waals surface area contributed by atoms with E-state index in [1.165, 1.54) is 5.56 Å². The van der Waals surface area contributed by atoms with Gasteiger partial charge in [0, 0.05) is 30.0 Å². The predicted octanol–water partition coefficient (Wildman–Crippen LogP) is 3.32. The third kappa shape index (κ3) is 2.76. The van der Waals surface area contributed by atoms with Gasteiger partial charge in [0.15, 0.2) is 0 Å². The predicted molar refractivity (Wildman–Crippen MR) is 80.7 cm³/mol. The lowest BCUT2D eigenvalue weighted by Gasteiger charge is -2.25. The summed E-state index contributed by atoms with van der Waals surface area (Å²) < 4.78 is 0. The van der Waals surface area contributed by atoms with E-state index >= 15 is 0 Å². The molecule has 2 N–H and O–H groups in total. The minimum Gasteiger partial charge on any atom is -0.326 e. The Morgan fingerprint density at radius 2 is 1.84 bits per heavy atom. The molecule has 0 saturated carbocycles. The van der Waals surface area contributed by atoms with Crippen LogP contribution in [0.1, 0.15) is 23.7 Å². The second-order valence-corrected chi connectivity index (χ2v) is 4.67. The van der Waals surface area contributed by atoms with E-state index in [0.29, 0.717) is 6.54 Å². The van der Waals surface area contributed by atoms with Crippen LogP contribution in [0.4, 0.5) is 11.5 Å². The smallest absolute Gasteiger partial charge is 0.138 e. The number of aromatic nitrogens is 1. The Balaban J connectivity index is 2.55. The standard InChI is InChI=1S/C16H21N3/c1-4-19(14-8-6-5-7-9-14)16-15(11-17)12(2)10-13(3)18-16/h5-10H,4,11,17H2,1-3H3. The monoisotopic (exact) mass is 255 g/mol. The van der Waals surface area contributed by atoms with Crippen molar-refractivity contribution in [3.05, 3.63) is 53.2 Å². The molecule has 0 amide bonds. The normalized spacial score (nSPS) is 10.5. The number of aryl methyl sites for hydroxylation is 2. The van der Waals surface area contributed by atoms with E-state index in [1.807, 2.05) is 25.1 Å². The van der Waals surface area contributed by atoms with Crippen molar-refractivity contribution in [2.75, 3.05) is 11.4 Å². The highest BCUT2D eigenvalue weighted by molar-refractivity contribution is 5.64. The molecule has 0 saturated heterocycles. The minimum atomic E-state index is 0.512. The van der Waals surface area contributed by atoms with E-state index in [4.69, 9.17) is 10.7 Å². The average molecular weight is 255 g/mol. The topological polar surface area (TPSA) is 42.2 Å². The molecule has 1 aromatic heterocycles. The molecule has 3 nitrogen and oxygen atoms in total. The third-order valence-electron chi connectivity index (χ3n) is 3.30. The van der Waals surface area contributed by atoms with Gasteiger partial charge in [-0.05, 0) is 44.5 Å². The van der Waals surface area contributed by atoms with Gasteiger partial charge in [-0.1, -0.05) is 18.2 Å². The molecule has 1 aromatic carbocycles. The highest BCUT2D eigenvalue weighted by atomic mass is 15.2. The number of nitrogens with two attached hydrogens (primary N) is 1. The number of hydrogen-bond donors (Lipinski definition) is 1. The van der Waals surface area contributed by atoms with Crippen LogP contribution >= 0.6 is 0 Å². The molecule has 3 heteroatoms. The molecule has 0 aliphatic heterocycles. The van der Waals surface area contributed by atoms with Crippen molar-refractivity contribution in [1.29, 1.82) is 0 Å². The molecule has 0 aliphatic rings. The third-order valence-corrected chi connectivity index (χ3v) is 3.30. The maximum atomic E-state index is 5.91. The van der Waals surface area contributed by atoms with E-state index in [0.717, 1.165) is 29.3 Å². The van der Waals surface area contributed by atoms with E-state index in [9.17, 15) is 0 Å². The molecule has 100 valence electrons. The van der Waals surface area contributed by atoms with E-state index in [1.54, 1.807) is 0 Å². The SMILES string of the molecule is CCN(c1ccccc1)c1nc(C)cc(C)c1CN. The molecule has 0 unspecified atom stereocenters. The van der Waals surface area contributed by atoms with Gasteiger partial charge in [0.1, 0.15) is 5.82 Å². The Kier molecular flexibility index (Phi) is 4.17. The Morgan fingerprint density at radius 3 is 2.42 bits per heavy atom. The van der Waals surface area contributed by atoms with Gasteiger partial charge in [0.2, 0.25) is 0 Å². The molecule has 0 aliphatic carbocycles. The number of nitrogens with zero attached hydrogens (tertiary/aromatic N) is 2. The van der Waals surface area contributed by atoms with Crippen molar-refractivity contribution in [2.45, 2.75) is 27.3 Å². The Hall–Kier alpha value is -1.87. The molecule has 0 bridgehead atoms. The number of anilines is 2. The highest BCUT2D eigenvalue weighted by Gasteiger charge is 2.15. The van der Waals surface area contributed by atoms with Gasteiger partial charge < -0.3 is 10.6 Å². The van der Waals surface area contributed by atoms with E-state index in [2.05, 4.69) is 36.9 Å². The number of rotatable bonds is 4. The zero-order chi connectivity index (χ0) is 13.8. The van der Waals surface area contributed by atoms with E-state index in [-0.39, 0.29) is 0 Å². The van der Waals surface area contributed by atoms with Crippen LogP contribution in [0.2, 0.25) is 0 Å². The number of hydrogen-bond acceptors (Lipinski definition) is 3. The summed E-state index contributed by atoms with van der Waals surface area (Å²) in [6, 6.07) is 12.4. The first-order chi connectivity index (χ1) is 9.17. The summed E-state index contributed by atoms with van der Waals surface area (Å²) in [5.41, 5.74) is 10.4. The lowest BCUT2D eigenvalue weighted by atomic mass is 10.1. The molecule has 2 aromatic rings. The Bertz CT molecular complexity index is 549. The van der Waals surface area contributed by atoms with Crippen LogP contribution in [0.25, 0.3) is 0 Å². The lowest BCUT2D eigenvalue weighted by Crippen LogP contribution is -2.21. The molecule has 0 fully saturated rings. The molecular formula is C16H21N3. The molecule has 0 radical (unpaired) electrons. The molecule has 2 rings (SSSR count). The molecule has 0 atom stereocenters. The Morgan fingerprint density at radius 1 is 1.16 bits per heavy atom. The van der Waals surface area contributed by atoms with Crippen LogP contribution in [-0.2, 0) is 6.54 Å². The van der Waals surface area contributed by atoms with Gasteiger partial charge in [-0.25, -0.2) is 4.98 Å². The van der Waals surface area contributed by atoms with Crippen molar-refractivity contribution in [2.24, 2.45) is 5.73 Å². The van der Waals surface area contributed by atoms with Crippen LogP contribution < -0.4 is 10.6 Å². The summed E-state index contributed by atoms with van der Waals surface area (Å²) in [5.74, 6) is 0.980. The first-order valence-electron chi connectivity index (χ1n) is 6.67. The number of benzene rings is 1. The zero-order valence-corrected chi connectivity index (χ0v) is 11.9. The maximum absolute atomic E-state index is 5.91. The van der Waals surface area contributed by atoms with Crippen molar-refractivity contribution in [1.82, 2.24) is 4.98 Å². The molecule has 1 heterocycles. The summed E-state index contributed by atoms with van der Waals surface area (Å²) >= 11 is 0. The van der Waals surface area contributed by atoms with Crippen molar-refractivity contribution >= 4 is 11.5 Å². The fourth-order valence-electron chi connectivity index (χ4n) is 2.38. The molecule has 19 heavy (non-hydrogen) atoms. The lowest BCUT2D eigenvalue weighted by molar-refractivity contribution is 0.928. The van der Waals surface area contributed by atoms with Crippen LogP contribution in [0, 0.1) is 13.8 Å². The summed E-state index contributed by atoms with van der Waals surface area (Å²) in [7, 11) is 0. The summed E-state index contributed by atoms with van der Waals surface area (Å²) in [6.07, 6.45) is 0. The number of pyridine rings is 1.